The fourth-order valence-corrected chi connectivity index (χ4v) is 3.95. The lowest BCUT2D eigenvalue weighted by Gasteiger charge is -2.38. The summed E-state index contributed by atoms with van der Waals surface area (Å²) < 4.78 is 13.0. The molecule has 1 aromatic carbocycles. The summed E-state index contributed by atoms with van der Waals surface area (Å²) in [5.74, 6) is 0.446. The molecule has 1 atom stereocenters. The van der Waals surface area contributed by atoms with E-state index in [1.165, 1.54) is 23.3 Å². The molecule has 1 aliphatic rings. The van der Waals surface area contributed by atoms with E-state index in [1.54, 1.807) is 12.1 Å². The monoisotopic (exact) mass is 303 g/mol. The standard InChI is InChI=1S/C18H22FNS/c1-2-4-17(18-5-3-10-21-18)20-16-11-14(12-16)13-6-8-15(19)9-7-13/h3,5-10,14,16-17,20H,2,4,11-12H2,1H3. The summed E-state index contributed by atoms with van der Waals surface area (Å²) in [5.41, 5.74) is 1.28. The second kappa shape index (κ2) is 6.71. The van der Waals surface area contributed by atoms with Crippen molar-refractivity contribution in [2.45, 2.75) is 50.6 Å². The van der Waals surface area contributed by atoms with Gasteiger partial charge in [0.25, 0.3) is 0 Å². The van der Waals surface area contributed by atoms with Crippen molar-refractivity contribution < 1.29 is 4.39 Å². The van der Waals surface area contributed by atoms with Crippen molar-refractivity contribution in [3.63, 3.8) is 0 Å². The van der Waals surface area contributed by atoms with Crippen LogP contribution in [0.25, 0.3) is 0 Å². The van der Waals surface area contributed by atoms with Gasteiger partial charge in [-0.2, -0.15) is 0 Å². The summed E-state index contributed by atoms with van der Waals surface area (Å²) in [6.45, 7) is 2.24. The van der Waals surface area contributed by atoms with Crippen LogP contribution in [-0.2, 0) is 0 Å². The molecular weight excluding hydrogens is 281 g/mol. The molecule has 1 N–H and O–H groups in total. The third kappa shape index (κ3) is 3.53. The molecule has 1 nitrogen and oxygen atoms in total. The van der Waals surface area contributed by atoms with Crippen LogP contribution in [-0.4, -0.2) is 6.04 Å². The molecule has 0 aliphatic heterocycles. The van der Waals surface area contributed by atoms with Gasteiger partial charge in [-0.15, -0.1) is 11.3 Å². The van der Waals surface area contributed by atoms with Crippen LogP contribution in [0.3, 0.4) is 0 Å². The zero-order chi connectivity index (χ0) is 14.7. The van der Waals surface area contributed by atoms with Crippen molar-refractivity contribution in [3.05, 3.63) is 58.0 Å². The fourth-order valence-electron chi connectivity index (χ4n) is 3.13. The lowest BCUT2D eigenvalue weighted by Crippen LogP contribution is -2.41. The van der Waals surface area contributed by atoms with E-state index in [0.717, 1.165) is 12.8 Å². The minimum Gasteiger partial charge on any atom is -0.306 e. The van der Waals surface area contributed by atoms with Gasteiger partial charge in [-0.1, -0.05) is 31.5 Å². The van der Waals surface area contributed by atoms with Crippen molar-refractivity contribution in [3.8, 4) is 0 Å². The third-order valence-electron chi connectivity index (χ3n) is 4.38. The van der Waals surface area contributed by atoms with E-state index in [0.29, 0.717) is 18.0 Å². The van der Waals surface area contributed by atoms with Gasteiger partial charge < -0.3 is 5.32 Å². The first-order chi connectivity index (χ1) is 10.3. The number of halogens is 1. The Morgan fingerprint density at radius 1 is 1.24 bits per heavy atom. The minimum atomic E-state index is -0.145. The summed E-state index contributed by atoms with van der Waals surface area (Å²) in [6, 6.07) is 12.5. The Morgan fingerprint density at radius 2 is 2.00 bits per heavy atom. The number of rotatable bonds is 6. The first-order valence-corrected chi connectivity index (χ1v) is 8.69. The zero-order valence-corrected chi connectivity index (χ0v) is 13.2. The van der Waals surface area contributed by atoms with Crippen LogP contribution in [0.1, 0.15) is 55.0 Å². The molecule has 1 heterocycles. The average molecular weight is 303 g/mol. The first kappa shape index (κ1) is 14.7. The van der Waals surface area contributed by atoms with Crippen LogP contribution >= 0.6 is 11.3 Å². The summed E-state index contributed by atoms with van der Waals surface area (Å²) >= 11 is 1.84. The highest BCUT2D eigenvalue weighted by Crippen LogP contribution is 2.38. The summed E-state index contributed by atoms with van der Waals surface area (Å²) in [5, 5.41) is 5.96. The number of benzene rings is 1. The fraction of sp³-hybridized carbons (Fsp3) is 0.444. The van der Waals surface area contributed by atoms with Crippen molar-refractivity contribution >= 4 is 11.3 Å². The van der Waals surface area contributed by atoms with Crippen molar-refractivity contribution in [1.82, 2.24) is 5.32 Å². The molecule has 1 aromatic heterocycles. The predicted molar refractivity (Wildman–Crippen MR) is 87.3 cm³/mol. The molecule has 3 heteroatoms. The van der Waals surface area contributed by atoms with Gasteiger partial charge in [0.1, 0.15) is 5.82 Å². The average Bonchev–Trinajstić information content (AvgIpc) is 2.96. The predicted octanol–water partition coefficient (Wildman–Crippen LogP) is 5.26. The van der Waals surface area contributed by atoms with Gasteiger partial charge in [-0.25, -0.2) is 4.39 Å². The minimum absolute atomic E-state index is 0.145. The topological polar surface area (TPSA) is 12.0 Å². The number of nitrogens with one attached hydrogen (secondary N) is 1. The second-order valence-electron chi connectivity index (χ2n) is 5.94. The molecule has 0 bridgehead atoms. The highest BCUT2D eigenvalue weighted by Gasteiger charge is 2.31. The number of thiophene rings is 1. The highest BCUT2D eigenvalue weighted by atomic mass is 32.1. The van der Waals surface area contributed by atoms with E-state index in [1.807, 2.05) is 23.5 Å². The summed E-state index contributed by atoms with van der Waals surface area (Å²) in [6.07, 6.45) is 4.72. The summed E-state index contributed by atoms with van der Waals surface area (Å²) in [7, 11) is 0. The van der Waals surface area contributed by atoms with Crippen molar-refractivity contribution in [2.75, 3.05) is 0 Å². The SMILES string of the molecule is CCCC(NC1CC(c2ccc(F)cc2)C1)c1cccs1. The van der Waals surface area contributed by atoms with Crippen LogP contribution < -0.4 is 5.32 Å². The van der Waals surface area contributed by atoms with Crippen LogP contribution in [0.4, 0.5) is 4.39 Å². The van der Waals surface area contributed by atoms with Gasteiger partial charge in [0.05, 0.1) is 0 Å². The largest absolute Gasteiger partial charge is 0.306 e. The Kier molecular flexibility index (Phi) is 4.71. The molecule has 1 saturated carbocycles. The summed E-state index contributed by atoms with van der Waals surface area (Å²) in [4.78, 5) is 1.45. The van der Waals surface area contributed by atoms with E-state index >= 15 is 0 Å². The van der Waals surface area contributed by atoms with E-state index in [9.17, 15) is 4.39 Å². The molecule has 0 saturated heterocycles. The first-order valence-electron chi connectivity index (χ1n) is 7.81. The number of hydrogen-bond acceptors (Lipinski definition) is 2. The maximum Gasteiger partial charge on any atom is 0.123 e. The van der Waals surface area contributed by atoms with Gasteiger partial charge in [-0.3, -0.25) is 0 Å². The molecule has 0 amide bonds. The molecular formula is C18H22FNS. The third-order valence-corrected chi connectivity index (χ3v) is 5.37. The maximum atomic E-state index is 13.0. The molecule has 3 rings (SSSR count). The van der Waals surface area contributed by atoms with E-state index in [2.05, 4.69) is 29.8 Å². The normalized spacial score (nSPS) is 22.8. The Balaban J connectivity index is 1.54. The smallest absolute Gasteiger partial charge is 0.123 e. The van der Waals surface area contributed by atoms with Crippen LogP contribution in [0, 0.1) is 5.82 Å². The van der Waals surface area contributed by atoms with Crippen molar-refractivity contribution in [1.29, 1.82) is 0 Å². The van der Waals surface area contributed by atoms with E-state index in [-0.39, 0.29) is 5.82 Å². The molecule has 0 radical (unpaired) electrons. The van der Waals surface area contributed by atoms with Crippen LogP contribution in [0.5, 0.6) is 0 Å². The molecule has 2 aromatic rings. The van der Waals surface area contributed by atoms with E-state index < -0.39 is 0 Å². The second-order valence-corrected chi connectivity index (χ2v) is 6.92. The lowest BCUT2D eigenvalue weighted by molar-refractivity contribution is 0.261. The molecule has 1 fully saturated rings. The van der Waals surface area contributed by atoms with Gasteiger partial charge in [0.15, 0.2) is 0 Å². The molecule has 1 unspecified atom stereocenters. The van der Waals surface area contributed by atoms with Gasteiger partial charge in [0, 0.05) is 17.0 Å². The van der Waals surface area contributed by atoms with E-state index in [4.69, 9.17) is 0 Å². The maximum absolute atomic E-state index is 13.0. The quantitative estimate of drug-likeness (QED) is 0.767. The molecule has 21 heavy (non-hydrogen) atoms. The molecule has 1 aliphatic carbocycles. The Hall–Kier alpha value is -1.19. The molecule has 112 valence electrons. The van der Waals surface area contributed by atoms with Crippen molar-refractivity contribution in [2.24, 2.45) is 0 Å². The Labute approximate surface area is 130 Å². The van der Waals surface area contributed by atoms with Gasteiger partial charge in [-0.05, 0) is 54.3 Å². The zero-order valence-electron chi connectivity index (χ0n) is 12.4. The van der Waals surface area contributed by atoms with Gasteiger partial charge >= 0.3 is 0 Å². The Morgan fingerprint density at radius 3 is 2.62 bits per heavy atom. The van der Waals surface area contributed by atoms with Gasteiger partial charge in [0.2, 0.25) is 0 Å². The molecule has 0 spiro atoms. The van der Waals surface area contributed by atoms with Crippen LogP contribution in [0.15, 0.2) is 41.8 Å². The van der Waals surface area contributed by atoms with Crippen LogP contribution in [0.2, 0.25) is 0 Å². The number of hydrogen-bond donors (Lipinski definition) is 1. The Bertz CT molecular complexity index is 543. The highest BCUT2D eigenvalue weighted by molar-refractivity contribution is 7.10. The lowest BCUT2D eigenvalue weighted by atomic mass is 9.75.